The van der Waals surface area contributed by atoms with Gasteiger partial charge in [-0.2, -0.15) is 0 Å². The van der Waals surface area contributed by atoms with Gasteiger partial charge in [-0.05, 0) is 61.4 Å². The number of hydrogen-bond acceptors (Lipinski definition) is 4. The molecule has 0 spiro atoms. The number of ether oxygens (including phenoxy) is 1. The van der Waals surface area contributed by atoms with Gasteiger partial charge in [-0.1, -0.05) is 0 Å². The fourth-order valence-corrected chi connectivity index (χ4v) is 4.46. The average Bonchev–Trinajstić information content (AvgIpc) is 2.90. The van der Waals surface area contributed by atoms with E-state index in [1.54, 1.807) is 19.1 Å². The molecule has 2 aromatic rings. The summed E-state index contributed by atoms with van der Waals surface area (Å²) in [5.74, 6) is -0.851. The summed E-state index contributed by atoms with van der Waals surface area (Å²) in [5.41, 5.74) is 1.89. The molecule has 1 aliphatic rings. The van der Waals surface area contributed by atoms with Crippen LogP contribution >= 0.6 is 0 Å². The van der Waals surface area contributed by atoms with Crippen molar-refractivity contribution in [2.24, 2.45) is 0 Å². The topological polar surface area (TPSA) is 75.7 Å². The predicted molar refractivity (Wildman–Crippen MR) is 98.0 cm³/mol. The summed E-state index contributed by atoms with van der Waals surface area (Å²) in [4.78, 5) is 12.4. The van der Waals surface area contributed by atoms with Gasteiger partial charge in [0.25, 0.3) is 5.91 Å². The van der Waals surface area contributed by atoms with Crippen LogP contribution in [-0.4, -0.2) is 33.0 Å². The van der Waals surface area contributed by atoms with Crippen LogP contribution in [0.25, 0.3) is 0 Å². The van der Waals surface area contributed by atoms with E-state index in [1.165, 1.54) is 22.5 Å². The minimum atomic E-state index is -4.79. The van der Waals surface area contributed by atoms with Crippen molar-refractivity contribution in [2.75, 3.05) is 15.9 Å². The minimum Gasteiger partial charge on any atom is -0.406 e. The van der Waals surface area contributed by atoms with Crippen LogP contribution in [0.2, 0.25) is 0 Å². The van der Waals surface area contributed by atoms with E-state index in [9.17, 15) is 26.4 Å². The molecule has 0 saturated heterocycles. The highest BCUT2D eigenvalue weighted by molar-refractivity contribution is 7.92. The monoisotopic (exact) mass is 414 g/mol. The first-order valence-corrected chi connectivity index (χ1v) is 10.1. The molecule has 0 unspecified atom stereocenters. The second kappa shape index (κ2) is 7.01. The maximum atomic E-state index is 12.4. The van der Waals surface area contributed by atoms with Crippen LogP contribution in [0, 0.1) is 0 Å². The van der Waals surface area contributed by atoms with Crippen molar-refractivity contribution in [1.82, 2.24) is 0 Å². The first kappa shape index (κ1) is 20.0. The van der Waals surface area contributed by atoms with Crippen molar-refractivity contribution in [3.05, 3.63) is 53.6 Å². The van der Waals surface area contributed by atoms with Gasteiger partial charge in [0.1, 0.15) is 5.75 Å². The van der Waals surface area contributed by atoms with Crippen molar-refractivity contribution in [3.8, 4) is 5.75 Å². The van der Waals surface area contributed by atoms with Crippen molar-refractivity contribution in [2.45, 2.75) is 25.7 Å². The lowest BCUT2D eigenvalue weighted by atomic mass is 10.1. The largest absolute Gasteiger partial charge is 0.573 e. The number of anilines is 2. The highest BCUT2D eigenvalue weighted by atomic mass is 32.2. The lowest BCUT2D eigenvalue weighted by molar-refractivity contribution is -0.274. The minimum absolute atomic E-state index is 0.246. The van der Waals surface area contributed by atoms with Gasteiger partial charge in [-0.15, -0.1) is 13.2 Å². The summed E-state index contributed by atoms with van der Waals surface area (Å²) in [6.07, 6.45) is -3.18. The molecule has 0 aromatic heterocycles. The van der Waals surface area contributed by atoms with E-state index < -0.39 is 28.0 Å². The van der Waals surface area contributed by atoms with Crippen molar-refractivity contribution in [3.63, 3.8) is 0 Å². The predicted octanol–water partition coefficient (Wildman–Crippen LogP) is 3.55. The fraction of sp³-hybridized carbons (Fsp3) is 0.278. The van der Waals surface area contributed by atoms with Crippen LogP contribution in [0.15, 0.2) is 42.5 Å². The van der Waals surface area contributed by atoms with Gasteiger partial charge >= 0.3 is 6.36 Å². The van der Waals surface area contributed by atoms with E-state index in [0.29, 0.717) is 23.4 Å². The Kier molecular flexibility index (Phi) is 5.00. The maximum absolute atomic E-state index is 12.4. The molecule has 1 aliphatic heterocycles. The number of nitrogens with one attached hydrogen (secondary N) is 1. The van der Waals surface area contributed by atoms with Gasteiger partial charge < -0.3 is 10.1 Å². The summed E-state index contributed by atoms with van der Waals surface area (Å²) in [7, 11) is -3.42. The number of carbonyl (C=O) groups is 1. The van der Waals surface area contributed by atoms with Gasteiger partial charge in [0, 0.05) is 17.3 Å². The molecule has 0 saturated carbocycles. The van der Waals surface area contributed by atoms with Crippen molar-refractivity contribution >= 4 is 27.3 Å². The first-order valence-electron chi connectivity index (χ1n) is 8.23. The lowest BCUT2D eigenvalue weighted by Gasteiger charge is -2.21. The fourth-order valence-electron chi connectivity index (χ4n) is 3.19. The third-order valence-corrected chi connectivity index (χ3v) is 5.47. The van der Waals surface area contributed by atoms with Gasteiger partial charge in [0.15, 0.2) is 0 Å². The second-order valence-corrected chi connectivity index (χ2v) is 8.34. The number of amides is 1. The molecule has 1 atom stereocenters. The number of rotatable bonds is 4. The van der Waals surface area contributed by atoms with Gasteiger partial charge in [0.2, 0.25) is 10.0 Å². The zero-order valence-corrected chi connectivity index (χ0v) is 15.8. The highest BCUT2D eigenvalue weighted by Gasteiger charge is 2.33. The molecule has 0 bridgehead atoms. The number of fused-ring (bicyclic) bond motifs is 1. The van der Waals surface area contributed by atoms with Crippen molar-refractivity contribution < 1.29 is 31.1 Å². The molecule has 150 valence electrons. The Morgan fingerprint density at radius 1 is 1.18 bits per heavy atom. The molecule has 0 radical (unpaired) electrons. The highest BCUT2D eigenvalue weighted by Crippen LogP contribution is 2.35. The van der Waals surface area contributed by atoms with Crippen LogP contribution in [0.3, 0.4) is 0 Å². The Morgan fingerprint density at radius 3 is 2.39 bits per heavy atom. The van der Waals surface area contributed by atoms with Crippen molar-refractivity contribution in [1.29, 1.82) is 0 Å². The Labute approximate surface area is 160 Å². The van der Waals surface area contributed by atoms with E-state index in [-0.39, 0.29) is 6.04 Å². The number of benzene rings is 2. The molecular weight excluding hydrogens is 397 g/mol. The Hall–Kier alpha value is -2.75. The van der Waals surface area contributed by atoms with E-state index in [2.05, 4.69) is 10.1 Å². The summed E-state index contributed by atoms with van der Waals surface area (Å²) in [6, 6.07) is 9.23. The molecule has 2 aromatic carbocycles. The third-order valence-electron chi connectivity index (χ3n) is 4.20. The van der Waals surface area contributed by atoms with Crippen LogP contribution < -0.4 is 14.4 Å². The van der Waals surface area contributed by atoms with Crippen LogP contribution in [0.4, 0.5) is 24.5 Å². The Morgan fingerprint density at radius 2 is 1.82 bits per heavy atom. The third kappa shape index (κ3) is 4.38. The molecule has 1 heterocycles. The zero-order valence-electron chi connectivity index (χ0n) is 14.9. The molecule has 6 nitrogen and oxygen atoms in total. The number of nitrogens with zero attached hydrogens (tertiary/aromatic N) is 1. The van der Waals surface area contributed by atoms with Gasteiger partial charge in [-0.25, -0.2) is 8.42 Å². The number of halogens is 3. The van der Waals surface area contributed by atoms with E-state index >= 15 is 0 Å². The molecule has 3 rings (SSSR count). The molecule has 1 N–H and O–H groups in total. The molecule has 28 heavy (non-hydrogen) atoms. The van der Waals surface area contributed by atoms with Crippen LogP contribution in [-0.2, 0) is 16.4 Å². The number of sulfonamides is 1. The molecule has 10 heteroatoms. The lowest BCUT2D eigenvalue weighted by Crippen LogP contribution is -2.34. The Bertz CT molecular complexity index is 1000. The smallest absolute Gasteiger partial charge is 0.406 e. The first-order chi connectivity index (χ1) is 12.9. The number of carbonyl (C=O) groups excluding carboxylic acids is 1. The van der Waals surface area contributed by atoms with E-state index in [1.807, 2.05) is 0 Å². The number of alkyl halides is 3. The standard InChI is InChI=1S/C18H17F3N2O4S/c1-11-9-13-10-12(3-8-16(13)23(11)28(2,25)26)17(24)22-14-4-6-15(7-5-14)27-18(19,20)21/h3-8,10-11H,9H2,1-2H3,(H,22,24)/t11-/m1/s1. The van der Waals surface area contributed by atoms with Gasteiger partial charge in [-0.3, -0.25) is 9.10 Å². The van der Waals surface area contributed by atoms with Gasteiger partial charge in [0.05, 0.1) is 11.9 Å². The molecule has 0 fully saturated rings. The normalized spacial score (nSPS) is 16.6. The van der Waals surface area contributed by atoms with Crippen LogP contribution in [0.1, 0.15) is 22.8 Å². The van der Waals surface area contributed by atoms with E-state index in [0.717, 1.165) is 24.0 Å². The second-order valence-electron chi connectivity index (χ2n) is 6.48. The quantitative estimate of drug-likeness (QED) is 0.830. The molecule has 0 aliphatic carbocycles. The summed E-state index contributed by atoms with van der Waals surface area (Å²) in [5, 5.41) is 2.58. The number of hydrogen-bond donors (Lipinski definition) is 1. The van der Waals surface area contributed by atoms with E-state index in [4.69, 9.17) is 0 Å². The van der Waals surface area contributed by atoms with Crippen LogP contribution in [0.5, 0.6) is 5.75 Å². The summed E-state index contributed by atoms with van der Waals surface area (Å²) in [6.45, 7) is 1.78. The molecule has 1 amide bonds. The average molecular weight is 414 g/mol. The molecular formula is C18H17F3N2O4S. The Balaban J connectivity index is 1.75. The maximum Gasteiger partial charge on any atom is 0.573 e. The zero-order chi connectivity index (χ0) is 20.7. The summed E-state index contributed by atoms with van der Waals surface area (Å²) < 4.78 is 65.5. The SMILES string of the molecule is C[C@@H]1Cc2cc(C(=O)Nc3ccc(OC(F)(F)F)cc3)ccc2N1S(C)(=O)=O. The summed E-state index contributed by atoms with van der Waals surface area (Å²) >= 11 is 0.